The van der Waals surface area contributed by atoms with Crippen molar-refractivity contribution in [1.29, 1.82) is 0 Å². The molecule has 240 valence electrons. The number of anilines is 2. The molecule has 0 fully saturated rings. The first-order chi connectivity index (χ1) is 22.1. The number of para-hydroxylation sites is 1. The largest absolute Gasteiger partial charge is 0.495 e. The van der Waals surface area contributed by atoms with Crippen LogP contribution in [-0.2, 0) is 17.9 Å². The van der Waals surface area contributed by atoms with E-state index in [1.165, 1.54) is 20.1 Å². The molecule has 4 aromatic rings. The Balaban J connectivity index is 1.54. The summed E-state index contributed by atoms with van der Waals surface area (Å²) >= 11 is 0. The Bertz CT molecular complexity index is 1690. The minimum Gasteiger partial charge on any atom is -0.495 e. The Kier molecular flexibility index (Phi) is 9.96. The van der Waals surface area contributed by atoms with E-state index >= 15 is 0 Å². The van der Waals surface area contributed by atoms with E-state index in [1.54, 1.807) is 35.2 Å². The zero-order chi connectivity index (χ0) is 32.8. The van der Waals surface area contributed by atoms with E-state index in [1.807, 2.05) is 54.6 Å². The maximum atomic E-state index is 14.1. The summed E-state index contributed by atoms with van der Waals surface area (Å²) in [7, 11) is 1.34. The van der Waals surface area contributed by atoms with E-state index in [0.29, 0.717) is 33.9 Å². The first-order valence-corrected chi connectivity index (χ1v) is 15.1. The van der Waals surface area contributed by atoms with Crippen LogP contribution in [0.3, 0.4) is 0 Å². The van der Waals surface area contributed by atoms with Gasteiger partial charge in [-0.25, -0.2) is 0 Å². The first kappa shape index (κ1) is 32.6. The number of fused-ring (bicyclic) bond motifs is 1. The molecule has 0 saturated carbocycles. The van der Waals surface area contributed by atoms with Gasteiger partial charge in [0.15, 0.2) is 0 Å². The van der Waals surface area contributed by atoms with Crippen LogP contribution in [0, 0.1) is 0 Å². The predicted molar refractivity (Wildman–Crippen MR) is 172 cm³/mol. The van der Waals surface area contributed by atoms with Gasteiger partial charge in [0.05, 0.1) is 12.8 Å². The van der Waals surface area contributed by atoms with Crippen LogP contribution in [0.15, 0.2) is 91.0 Å². The second-order valence-electron chi connectivity index (χ2n) is 10.9. The van der Waals surface area contributed by atoms with Crippen molar-refractivity contribution in [3.8, 4) is 22.6 Å². The average Bonchev–Trinajstić information content (AvgIpc) is 3.27. The summed E-state index contributed by atoms with van der Waals surface area (Å²) in [6.07, 6.45) is -5.04. The number of benzene rings is 4. The molecule has 0 atom stereocenters. The summed E-state index contributed by atoms with van der Waals surface area (Å²) in [5.41, 5.74) is 4.48. The summed E-state index contributed by atoms with van der Waals surface area (Å²) in [4.78, 5) is 31.0. The number of rotatable bonds is 9. The number of likely N-dealkylation sites (N-methyl/N-ethyl adjacent to an activating group) is 1. The zero-order valence-corrected chi connectivity index (χ0v) is 26.0. The van der Waals surface area contributed by atoms with Crippen LogP contribution in [0.5, 0.6) is 11.5 Å². The van der Waals surface area contributed by atoms with Crippen LogP contribution in [-0.4, -0.2) is 56.2 Å². The number of carbonyl (C=O) groups excluding carboxylic acids is 2. The average molecular weight is 632 g/mol. The van der Waals surface area contributed by atoms with Gasteiger partial charge in [-0.3, -0.25) is 14.5 Å². The first-order valence-electron chi connectivity index (χ1n) is 15.1. The molecule has 2 amide bonds. The topological polar surface area (TPSA) is 62.3 Å². The van der Waals surface area contributed by atoms with Crippen molar-refractivity contribution in [3.63, 3.8) is 0 Å². The maximum Gasteiger partial charge on any atom is 0.471 e. The van der Waals surface area contributed by atoms with Gasteiger partial charge in [0, 0.05) is 43.0 Å². The third-order valence-electron chi connectivity index (χ3n) is 8.06. The van der Waals surface area contributed by atoms with Gasteiger partial charge in [-0.1, -0.05) is 61.5 Å². The quantitative estimate of drug-likeness (QED) is 0.194. The summed E-state index contributed by atoms with van der Waals surface area (Å²) in [5.74, 6) is -1.64. The van der Waals surface area contributed by atoms with Crippen molar-refractivity contribution in [3.05, 3.63) is 108 Å². The summed E-state index contributed by atoms with van der Waals surface area (Å²) in [6.45, 7) is 6.45. The molecular weight excluding hydrogens is 595 g/mol. The molecule has 0 saturated heterocycles. The second-order valence-corrected chi connectivity index (χ2v) is 10.9. The Morgan fingerprint density at radius 3 is 2.30 bits per heavy atom. The van der Waals surface area contributed by atoms with Gasteiger partial charge in [0.1, 0.15) is 18.1 Å². The van der Waals surface area contributed by atoms with E-state index in [9.17, 15) is 22.8 Å². The van der Waals surface area contributed by atoms with Crippen molar-refractivity contribution in [2.45, 2.75) is 33.2 Å². The molecular formula is C36H36F3N3O4. The molecule has 5 rings (SSSR count). The SMILES string of the molecule is CCN1CCN(C(=O)c2ccc(-c3ccc(N(CC)C(=O)C(F)(F)F)c(OC)c3)c(OCc3ccccc3)c2)c2ccccc2C1. The van der Waals surface area contributed by atoms with Crippen molar-refractivity contribution in [2.24, 2.45) is 0 Å². The molecule has 0 aliphatic carbocycles. The molecule has 1 aliphatic rings. The number of nitrogens with zero attached hydrogens (tertiary/aromatic N) is 3. The van der Waals surface area contributed by atoms with Gasteiger partial charge in [-0.15, -0.1) is 0 Å². The number of carbonyl (C=O) groups is 2. The highest BCUT2D eigenvalue weighted by Crippen LogP contribution is 2.39. The van der Waals surface area contributed by atoms with E-state index in [-0.39, 0.29) is 30.5 Å². The lowest BCUT2D eigenvalue weighted by atomic mass is 10.0. The van der Waals surface area contributed by atoms with Crippen LogP contribution in [0.1, 0.15) is 35.3 Å². The summed E-state index contributed by atoms with van der Waals surface area (Å²) < 4.78 is 51.7. The molecule has 0 unspecified atom stereocenters. The number of ether oxygens (including phenoxy) is 2. The minimum atomic E-state index is -5.04. The lowest BCUT2D eigenvalue weighted by Crippen LogP contribution is -2.41. The number of methoxy groups -OCH3 is 1. The van der Waals surface area contributed by atoms with Crippen molar-refractivity contribution in [2.75, 3.05) is 43.1 Å². The van der Waals surface area contributed by atoms with Crippen molar-refractivity contribution < 1.29 is 32.2 Å². The number of hydrogen-bond acceptors (Lipinski definition) is 5. The van der Waals surface area contributed by atoms with E-state index in [2.05, 4.69) is 11.8 Å². The Hall–Kier alpha value is -4.83. The standard InChI is InChI=1S/C36H36F3N3O4/c1-4-40-19-20-42(30-14-10-9-13-28(30)23-40)34(43)27-15-17-29(32(22-27)46-24-25-11-7-6-8-12-25)26-16-18-31(33(21-26)45-3)41(5-2)35(44)36(37,38)39/h6-18,21-22H,4-5,19-20,23-24H2,1-3H3. The van der Waals surface area contributed by atoms with Gasteiger partial charge in [0.25, 0.3) is 5.91 Å². The lowest BCUT2D eigenvalue weighted by molar-refractivity contribution is -0.170. The van der Waals surface area contributed by atoms with Crippen molar-refractivity contribution >= 4 is 23.2 Å². The fraction of sp³-hybridized carbons (Fsp3) is 0.278. The highest BCUT2D eigenvalue weighted by atomic mass is 19.4. The molecule has 0 bridgehead atoms. The van der Waals surface area contributed by atoms with Crippen LogP contribution < -0.4 is 19.3 Å². The molecule has 0 aromatic heterocycles. The monoisotopic (exact) mass is 631 g/mol. The number of halogens is 3. The summed E-state index contributed by atoms with van der Waals surface area (Å²) in [5, 5.41) is 0. The van der Waals surface area contributed by atoms with Gasteiger partial charge in [0.2, 0.25) is 0 Å². The van der Waals surface area contributed by atoms with E-state index in [0.717, 1.165) is 36.4 Å². The summed E-state index contributed by atoms with van der Waals surface area (Å²) in [6, 6.07) is 27.3. The fourth-order valence-electron chi connectivity index (χ4n) is 5.62. The van der Waals surface area contributed by atoms with Gasteiger partial charge in [-0.05, 0) is 66.6 Å². The third kappa shape index (κ3) is 7.02. The molecule has 0 N–H and O–H groups in total. The fourth-order valence-corrected chi connectivity index (χ4v) is 5.62. The predicted octanol–water partition coefficient (Wildman–Crippen LogP) is 7.34. The molecule has 7 nitrogen and oxygen atoms in total. The molecule has 1 heterocycles. The molecule has 0 radical (unpaired) electrons. The minimum absolute atomic E-state index is 0.00409. The van der Waals surface area contributed by atoms with Crippen LogP contribution in [0.25, 0.3) is 11.1 Å². The highest BCUT2D eigenvalue weighted by molar-refractivity contribution is 6.07. The smallest absolute Gasteiger partial charge is 0.471 e. The number of amides is 2. The third-order valence-corrected chi connectivity index (χ3v) is 8.06. The van der Waals surface area contributed by atoms with Crippen LogP contribution >= 0.6 is 0 Å². The van der Waals surface area contributed by atoms with Crippen molar-refractivity contribution in [1.82, 2.24) is 4.90 Å². The molecule has 1 aliphatic heterocycles. The van der Waals surface area contributed by atoms with Gasteiger partial charge >= 0.3 is 12.1 Å². The normalized spacial score (nSPS) is 13.5. The maximum absolute atomic E-state index is 14.1. The van der Waals surface area contributed by atoms with Gasteiger partial charge in [-0.2, -0.15) is 13.2 Å². The van der Waals surface area contributed by atoms with E-state index < -0.39 is 12.1 Å². The Labute approximate surface area is 266 Å². The Morgan fingerprint density at radius 1 is 0.870 bits per heavy atom. The van der Waals surface area contributed by atoms with Gasteiger partial charge < -0.3 is 19.3 Å². The lowest BCUT2D eigenvalue weighted by Gasteiger charge is -2.25. The highest BCUT2D eigenvalue weighted by Gasteiger charge is 2.43. The van der Waals surface area contributed by atoms with Crippen LogP contribution in [0.2, 0.25) is 0 Å². The Morgan fingerprint density at radius 2 is 1.61 bits per heavy atom. The molecule has 46 heavy (non-hydrogen) atoms. The van der Waals surface area contributed by atoms with Crippen LogP contribution in [0.4, 0.5) is 24.5 Å². The number of alkyl halides is 3. The molecule has 10 heteroatoms. The number of hydrogen-bond donors (Lipinski definition) is 0. The zero-order valence-electron chi connectivity index (χ0n) is 26.0. The second kappa shape index (κ2) is 14.1. The molecule has 0 spiro atoms. The van der Waals surface area contributed by atoms with E-state index in [4.69, 9.17) is 9.47 Å². The molecule has 4 aromatic carbocycles.